The monoisotopic (exact) mass is 118 g/mol. The second-order valence-electron chi connectivity index (χ2n) is 2.34. The predicted octanol–water partition coefficient (Wildman–Crippen LogP) is -0.872. The van der Waals surface area contributed by atoms with Crippen LogP contribution in [0.1, 0.15) is 6.92 Å². The molecule has 0 radical (unpaired) electrons. The van der Waals surface area contributed by atoms with Gasteiger partial charge in [0.1, 0.15) is 11.7 Å². The van der Waals surface area contributed by atoms with Crippen molar-refractivity contribution in [2.45, 2.75) is 18.6 Å². The summed E-state index contributed by atoms with van der Waals surface area (Å²) in [4.78, 5) is 0. The lowest BCUT2D eigenvalue weighted by Gasteiger charge is -2.15. The van der Waals surface area contributed by atoms with E-state index in [4.69, 9.17) is 14.9 Å². The smallest absolute Gasteiger partial charge is 0.113 e. The van der Waals surface area contributed by atoms with E-state index in [1.54, 1.807) is 6.92 Å². The van der Waals surface area contributed by atoms with Gasteiger partial charge in [-0.2, -0.15) is 0 Å². The van der Waals surface area contributed by atoms with Crippen molar-refractivity contribution in [2.24, 2.45) is 0 Å². The van der Waals surface area contributed by atoms with Crippen LogP contribution in [0.5, 0.6) is 0 Å². The first-order chi connectivity index (χ1) is 3.67. The second kappa shape index (κ2) is 1.69. The molecule has 0 aliphatic carbocycles. The first kappa shape index (κ1) is 6.01. The fraction of sp³-hybridized carbons (Fsp3) is 1.00. The number of ether oxygens (including phenoxy) is 1. The van der Waals surface area contributed by atoms with Crippen molar-refractivity contribution < 1.29 is 14.9 Å². The molecule has 0 amide bonds. The molecule has 0 saturated carbocycles. The Hall–Kier alpha value is -0.120. The number of rotatable bonds is 2. The topological polar surface area (TPSA) is 53.0 Å². The summed E-state index contributed by atoms with van der Waals surface area (Å²) in [6.07, 6.45) is -0.132. The molecular formula is C5H10O3. The molecule has 1 fully saturated rings. The van der Waals surface area contributed by atoms with Gasteiger partial charge in [0.05, 0.1) is 13.2 Å². The summed E-state index contributed by atoms with van der Waals surface area (Å²) < 4.78 is 4.75. The minimum absolute atomic E-state index is 0.132. The Morgan fingerprint density at radius 2 is 2.38 bits per heavy atom. The van der Waals surface area contributed by atoms with Crippen LogP contribution >= 0.6 is 0 Å². The fourth-order valence-corrected chi connectivity index (χ4v) is 0.509. The van der Waals surface area contributed by atoms with Crippen LogP contribution in [-0.2, 0) is 4.74 Å². The predicted molar refractivity (Wildman–Crippen MR) is 27.4 cm³/mol. The molecule has 2 atom stereocenters. The highest BCUT2D eigenvalue weighted by Crippen LogP contribution is 2.22. The van der Waals surface area contributed by atoms with Crippen molar-refractivity contribution in [3.05, 3.63) is 0 Å². The second-order valence-corrected chi connectivity index (χ2v) is 2.34. The van der Waals surface area contributed by atoms with E-state index >= 15 is 0 Å². The summed E-state index contributed by atoms with van der Waals surface area (Å²) in [5.41, 5.74) is -1.01. The van der Waals surface area contributed by atoms with Crippen LogP contribution in [-0.4, -0.2) is 35.1 Å². The van der Waals surface area contributed by atoms with E-state index in [1.165, 1.54) is 0 Å². The maximum absolute atomic E-state index is 9.09. The fourth-order valence-electron chi connectivity index (χ4n) is 0.509. The highest BCUT2D eigenvalue weighted by molar-refractivity contribution is 4.89. The molecule has 0 aromatic carbocycles. The third-order valence-corrected chi connectivity index (χ3v) is 1.35. The van der Waals surface area contributed by atoms with E-state index in [2.05, 4.69) is 0 Å². The summed E-state index contributed by atoms with van der Waals surface area (Å²) in [5.74, 6) is 0. The molecule has 8 heavy (non-hydrogen) atoms. The zero-order valence-corrected chi connectivity index (χ0v) is 4.79. The number of aliphatic hydroxyl groups is 2. The molecule has 0 bridgehead atoms. The van der Waals surface area contributed by atoms with Crippen molar-refractivity contribution in [3.8, 4) is 0 Å². The van der Waals surface area contributed by atoms with Crippen LogP contribution in [0.15, 0.2) is 0 Å². The van der Waals surface area contributed by atoms with Gasteiger partial charge in [-0.15, -0.1) is 0 Å². The Labute approximate surface area is 47.9 Å². The molecule has 1 heterocycles. The molecule has 2 N–H and O–H groups in total. The van der Waals surface area contributed by atoms with Gasteiger partial charge in [0.25, 0.3) is 0 Å². The Bertz CT molecular complexity index is 85.7. The Morgan fingerprint density at radius 1 is 1.88 bits per heavy atom. The first-order valence-corrected chi connectivity index (χ1v) is 2.61. The van der Waals surface area contributed by atoms with Crippen molar-refractivity contribution in [3.63, 3.8) is 0 Å². The van der Waals surface area contributed by atoms with Gasteiger partial charge in [0, 0.05) is 0 Å². The van der Waals surface area contributed by atoms with Gasteiger partial charge in [0.15, 0.2) is 0 Å². The average molecular weight is 118 g/mol. The normalized spacial score (nSPS) is 34.1. The molecule has 1 rings (SSSR count). The minimum Gasteiger partial charge on any atom is -0.393 e. The first-order valence-electron chi connectivity index (χ1n) is 2.61. The molecule has 0 aromatic heterocycles. The van der Waals surface area contributed by atoms with Crippen molar-refractivity contribution in [2.75, 3.05) is 13.2 Å². The standard InChI is InChI=1S/C5H10O3/c1-5(7,3-6)4-2-8-4/h4,6-7H,2-3H2,1H3/t4-,5+/m0/s1. The molecule has 48 valence electrons. The number of epoxide rings is 1. The van der Waals surface area contributed by atoms with Gasteiger partial charge < -0.3 is 14.9 Å². The third-order valence-electron chi connectivity index (χ3n) is 1.35. The molecule has 0 spiro atoms. The molecule has 3 nitrogen and oxygen atoms in total. The summed E-state index contributed by atoms with van der Waals surface area (Å²) >= 11 is 0. The van der Waals surface area contributed by atoms with Crippen molar-refractivity contribution in [1.29, 1.82) is 0 Å². The maximum atomic E-state index is 9.09. The van der Waals surface area contributed by atoms with Gasteiger partial charge in [-0.05, 0) is 6.92 Å². The Kier molecular flexibility index (Phi) is 1.27. The largest absolute Gasteiger partial charge is 0.393 e. The van der Waals surface area contributed by atoms with Crippen LogP contribution < -0.4 is 0 Å². The van der Waals surface area contributed by atoms with E-state index in [1.807, 2.05) is 0 Å². The Morgan fingerprint density at radius 3 is 2.50 bits per heavy atom. The van der Waals surface area contributed by atoms with E-state index in [-0.39, 0.29) is 12.7 Å². The minimum atomic E-state index is -1.01. The molecule has 1 aliphatic rings. The van der Waals surface area contributed by atoms with E-state index < -0.39 is 5.60 Å². The molecule has 0 unspecified atom stereocenters. The van der Waals surface area contributed by atoms with Gasteiger partial charge in [-0.1, -0.05) is 0 Å². The zero-order valence-electron chi connectivity index (χ0n) is 4.79. The molecule has 0 aromatic rings. The molecule has 1 aliphatic heterocycles. The van der Waals surface area contributed by atoms with Crippen LogP contribution in [0.3, 0.4) is 0 Å². The van der Waals surface area contributed by atoms with Gasteiger partial charge >= 0.3 is 0 Å². The SMILES string of the molecule is C[C@@](O)(CO)[C@@H]1CO1. The summed E-state index contributed by atoms with van der Waals surface area (Å²) in [5, 5.41) is 17.6. The quantitative estimate of drug-likeness (QED) is 0.463. The van der Waals surface area contributed by atoms with Gasteiger partial charge in [0.2, 0.25) is 0 Å². The average Bonchev–Trinajstić information content (AvgIpc) is 2.44. The van der Waals surface area contributed by atoms with E-state index in [9.17, 15) is 0 Å². The van der Waals surface area contributed by atoms with Gasteiger partial charge in [-0.25, -0.2) is 0 Å². The van der Waals surface area contributed by atoms with Crippen LogP contribution in [0, 0.1) is 0 Å². The summed E-state index contributed by atoms with van der Waals surface area (Å²) in [6.45, 7) is 1.91. The van der Waals surface area contributed by atoms with Crippen molar-refractivity contribution in [1.82, 2.24) is 0 Å². The molecular weight excluding hydrogens is 108 g/mol. The lowest BCUT2D eigenvalue weighted by atomic mass is 10.1. The van der Waals surface area contributed by atoms with E-state index in [0.717, 1.165) is 0 Å². The highest BCUT2D eigenvalue weighted by atomic mass is 16.6. The van der Waals surface area contributed by atoms with Crippen LogP contribution in [0.2, 0.25) is 0 Å². The van der Waals surface area contributed by atoms with Crippen LogP contribution in [0.25, 0.3) is 0 Å². The molecule has 3 heteroatoms. The van der Waals surface area contributed by atoms with Gasteiger partial charge in [-0.3, -0.25) is 0 Å². The lowest BCUT2D eigenvalue weighted by Crippen LogP contribution is -2.35. The number of hydrogen-bond donors (Lipinski definition) is 2. The van der Waals surface area contributed by atoms with Crippen LogP contribution in [0.4, 0.5) is 0 Å². The highest BCUT2D eigenvalue weighted by Gasteiger charge is 2.41. The third kappa shape index (κ3) is 0.992. The zero-order chi connectivity index (χ0) is 6.20. The van der Waals surface area contributed by atoms with E-state index in [0.29, 0.717) is 6.61 Å². The number of aliphatic hydroxyl groups excluding tert-OH is 1. The van der Waals surface area contributed by atoms with Crippen molar-refractivity contribution >= 4 is 0 Å². The Balaban J connectivity index is 2.37. The molecule has 1 saturated heterocycles. The maximum Gasteiger partial charge on any atom is 0.113 e. The lowest BCUT2D eigenvalue weighted by molar-refractivity contribution is -0.0200. The number of hydrogen-bond acceptors (Lipinski definition) is 3. The summed E-state index contributed by atoms with van der Waals surface area (Å²) in [6, 6.07) is 0. The summed E-state index contributed by atoms with van der Waals surface area (Å²) in [7, 11) is 0.